The number of amides is 1. The molecular formula is C17H18FN3OS. The number of halogens is 1. The Morgan fingerprint density at radius 3 is 2.74 bits per heavy atom. The molecule has 1 amide bonds. The van der Waals surface area contributed by atoms with Gasteiger partial charge in [-0.3, -0.25) is 4.79 Å². The lowest BCUT2D eigenvalue weighted by Gasteiger charge is -2.14. The molecule has 23 heavy (non-hydrogen) atoms. The van der Waals surface area contributed by atoms with Crippen molar-refractivity contribution < 1.29 is 9.18 Å². The Hall–Kier alpha value is -1.95. The highest BCUT2D eigenvalue weighted by molar-refractivity contribution is 8.00. The van der Waals surface area contributed by atoms with Crippen molar-refractivity contribution in [3.05, 3.63) is 47.2 Å². The van der Waals surface area contributed by atoms with Crippen LogP contribution in [0.15, 0.2) is 29.3 Å². The van der Waals surface area contributed by atoms with E-state index >= 15 is 0 Å². The number of nitrogens with one attached hydrogen (secondary N) is 1. The summed E-state index contributed by atoms with van der Waals surface area (Å²) in [4.78, 5) is 21.3. The van der Waals surface area contributed by atoms with Gasteiger partial charge in [0.25, 0.3) is 0 Å². The van der Waals surface area contributed by atoms with Crippen LogP contribution < -0.4 is 5.32 Å². The molecule has 3 rings (SSSR count). The van der Waals surface area contributed by atoms with E-state index < -0.39 is 0 Å². The number of rotatable bonds is 4. The third kappa shape index (κ3) is 3.69. The number of carbonyl (C=O) groups is 1. The van der Waals surface area contributed by atoms with E-state index in [9.17, 15) is 9.18 Å². The first kappa shape index (κ1) is 15.9. The molecule has 1 aliphatic carbocycles. The summed E-state index contributed by atoms with van der Waals surface area (Å²) in [5.74, 6) is 0.307. The summed E-state index contributed by atoms with van der Waals surface area (Å²) in [6, 6.07) is 5.76. The molecule has 1 heterocycles. The van der Waals surface area contributed by atoms with E-state index in [1.54, 1.807) is 12.1 Å². The van der Waals surface area contributed by atoms with Crippen LogP contribution in [0.3, 0.4) is 0 Å². The molecule has 0 aliphatic heterocycles. The summed E-state index contributed by atoms with van der Waals surface area (Å²) < 4.78 is 12.9. The van der Waals surface area contributed by atoms with Gasteiger partial charge < -0.3 is 5.32 Å². The second-order valence-corrected chi connectivity index (χ2v) is 6.94. The van der Waals surface area contributed by atoms with E-state index in [0.717, 1.165) is 35.8 Å². The van der Waals surface area contributed by atoms with Gasteiger partial charge in [-0.2, -0.15) is 0 Å². The Kier molecular flexibility index (Phi) is 4.61. The SMILES string of the molecule is Cc1nc2c(c(S[C@H](C)C(=O)Nc3ccc(F)cc3)n1)CCC2. The number of nitrogens with zero attached hydrogens (tertiary/aromatic N) is 2. The highest BCUT2D eigenvalue weighted by Gasteiger charge is 2.22. The second-order valence-electron chi connectivity index (χ2n) is 5.61. The van der Waals surface area contributed by atoms with Gasteiger partial charge in [0.2, 0.25) is 5.91 Å². The first-order chi connectivity index (χ1) is 11.0. The number of aromatic nitrogens is 2. The highest BCUT2D eigenvalue weighted by atomic mass is 32.2. The third-order valence-electron chi connectivity index (χ3n) is 3.78. The molecule has 0 radical (unpaired) electrons. The Balaban J connectivity index is 1.70. The molecular weight excluding hydrogens is 313 g/mol. The number of hydrogen-bond acceptors (Lipinski definition) is 4. The maximum atomic E-state index is 12.9. The molecule has 120 valence electrons. The minimum Gasteiger partial charge on any atom is -0.325 e. The molecule has 2 aromatic rings. The molecule has 1 aromatic carbocycles. The van der Waals surface area contributed by atoms with Crippen LogP contribution in [0.5, 0.6) is 0 Å². The molecule has 1 aromatic heterocycles. The van der Waals surface area contributed by atoms with Crippen molar-refractivity contribution in [3.63, 3.8) is 0 Å². The lowest BCUT2D eigenvalue weighted by Crippen LogP contribution is -2.22. The van der Waals surface area contributed by atoms with Crippen molar-refractivity contribution in [1.82, 2.24) is 9.97 Å². The average molecular weight is 331 g/mol. The quantitative estimate of drug-likeness (QED) is 0.688. The van der Waals surface area contributed by atoms with Crippen LogP contribution in [0.1, 0.15) is 30.4 Å². The first-order valence-corrected chi connectivity index (χ1v) is 8.50. The summed E-state index contributed by atoms with van der Waals surface area (Å²) >= 11 is 1.46. The number of hydrogen-bond donors (Lipinski definition) is 1. The van der Waals surface area contributed by atoms with E-state index in [1.807, 2.05) is 13.8 Å². The summed E-state index contributed by atoms with van der Waals surface area (Å²) in [7, 11) is 0. The van der Waals surface area contributed by atoms with E-state index in [-0.39, 0.29) is 17.0 Å². The van der Waals surface area contributed by atoms with Gasteiger partial charge in [0.1, 0.15) is 16.7 Å². The predicted octanol–water partition coefficient (Wildman–Crippen LogP) is 3.53. The highest BCUT2D eigenvalue weighted by Crippen LogP contribution is 2.32. The summed E-state index contributed by atoms with van der Waals surface area (Å²) in [6.07, 6.45) is 3.06. The van der Waals surface area contributed by atoms with Crippen LogP contribution in [0.25, 0.3) is 0 Å². The second kappa shape index (κ2) is 6.66. The average Bonchev–Trinajstić information content (AvgIpc) is 2.97. The van der Waals surface area contributed by atoms with E-state index in [1.165, 1.54) is 29.5 Å². The van der Waals surface area contributed by atoms with Crippen LogP contribution in [0.4, 0.5) is 10.1 Å². The molecule has 6 heteroatoms. The van der Waals surface area contributed by atoms with Gasteiger partial charge in [0.05, 0.1) is 5.25 Å². The summed E-state index contributed by atoms with van der Waals surface area (Å²) in [5.41, 5.74) is 2.89. The van der Waals surface area contributed by atoms with Crippen LogP contribution in [0, 0.1) is 12.7 Å². The Morgan fingerprint density at radius 2 is 2.00 bits per heavy atom. The Labute approximate surface area is 138 Å². The maximum Gasteiger partial charge on any atom is 0.237 e. The summed E-state index contributed by atoms with van der Waals surface area (Å²) in [6.45, 7) is 3.73. The van der Waals surface area contributed by atoms with Gasteiger partial charge in [-0.25, -0.2) is 14.4 Å². The van der Waals surface area contributed by atoms with Gasteiger partial charge in [-0.05, 0) is 57.4 Å². The number of fused-ring (bicyclic) bond motifs is 1. The molecule has 0 bridgehead atoms. The zero-order valence-corrected chi connectivity index (χ0v) is 13.9. The van der Waals surface area contributed by atoms with Gasteiger partial charge in [-0.1, -0.05) is 11.8 Å². The molecule has 0 fully saturated rings. The third-order valence-corrected chi connectivity index (χ3v) is 4.90. The molecule has 0 unspecified atom stereocenters. The number of benzene rings is 1. The van der Waals surface area contributed by atoms with Crippen LogP contribution >= 0.6 is 11.8 Å². The van der Waals surface area contributed by atoms with Crippen molar-refractivity contribution in [2.45, 2.75) is 43.4 Å². The van der Waals surface area contributed by atoms with E-state index in [4.69, 9.17) is 0 Å². The number of thioether (sulfide) groups is 1. The number of anilines is 1. The van der Waals surface area contributed by atoms with Crippen molar-refractivity contribution in [2.24, 2.45) is 0 Å². The number of carbonyl (C=O) groups excluding carboxylic acids is 1. The fourth-order valence-corrected chi connectivity index (χ4v) is 3.66. The fourth-order valence-electron chi connectivity index (χ4n) is 2.61. The molecule has 1 N–H and O–H groups in total. The number of aryl methyl sites for hydroxylation is 2. The van der Waals surface area contributed by atoms with Crippen LogP contribution in [0.2, 0.25) is 0 Å². The fraction of sp³-hybridized carbons (Fsp3) is 0.353. The largest absolute Gasteiger partial charge is 0.325 e. The van der Waals surface area contributed by atoms with Gasteiger partial charge in [-0.15, -0.1) is 0 Å². The Morgan fingerprint density at radius 1 is 1.26 bits per heavy atom. The van der Waals surface area contributed by atoms with E-state index in [0.29, 0.717) is 5.69 Å². The Bertz CT molecular complexity index is 733. The van der Waals surface area contributed by atoms with Crippen molar-refractivity contribution in [2.75, 3.05) is 5.32 Å². The molecule has 0 spiro atoms. The lowest BCUT2D eigenvalue weighted by molar-refractivity contribution is -0.115. The maximum absolute atomic E-state index is 12.9. The topological polar surface area (TPSA) is 54.9 Å². The van der Waals surface area contributed by atoms with Crippen molar-refractivity contribution >= 4 is 23.4 Å². The monoisotopic (exact) mass is 331 g/mol. The predicted molar refractivity (Wildman–Crippen MR) is 89.1 cm³/mol. The van der Waals surface area contributed by atoms with Crippen molar-refractivity contribution in [3.8, 4) is 0 Å². The van der Waals surface area contributed by atoms with Gasteiger partial charge in [0.15, 0.2) is 0 Å². The van der Waals surface area contributed by atoms with Crippen LogP contribution in [-0.4, -0.2) is 21.1 Å². The normalized spacial score (nSPS) is 14.4. The minimum absolute atomic E-state index is 0.121. The minimum atomic E-state index is -0.322. The molecule has 4 nitrogen and oxygen atoms in total. The van der Waals surface area contributed by atoms with Crippen LogP contribution in [-0.2, 0) is 17.6 Å². The standard InChI is InChI=1S/C17H18FN3OS/c1-10(16(22)21-13-8-6-12(18)7-9-13)23-17-14-4-3-5-15(14)19-11(2)20-17/h6-10H,3-5H2,1-2H3,(H,21,22)/t10-/m1/s1. The molecule has 0 saturated heterocycles. The smallest absolute Gasteiger partial charge is 0.237 e. The molecule has 0 saturated carbocycles. The molecule has 1 aliphatic rings. The molecule has 1 atom stereocenters. The zero-order valence-electron chi connectivity index (χ0n) is 13.1. The first-order valence-electron chi connectivity index (χ1n) is 7.62. The zero-order chi connectivity index (χ0) is 16.4. The van der Waals surface area contributed by atoms with Crippen molar-refractivity contribution in [1.29, 1.82) is 0 Å². The lowest BCUT2D eigenvalue weighted by atomic mass is 10.3. The summed E-state index contributed by atoms with van der Waals surface area (Å²) in [5, 5.41) is 3.42. The van der Waals surface area contributed by atoms with Gasteiger partial charge in [0, 0.05) is 16.9 Å². The van der Waals surface area contributed by atoms with E-state index in [2.05, 4.69) is 15.3 Å². The van der Waals surface area contributed by atoms with Gasteiger partial charge >= 0.3 is 0 Å².